The number of benzene rings is 1. The largest absolute Gasteiger partial charge is 0.465 e. The van der Waals surface area contributed by atoms with E-state index in [1.165, 1.54) is 6.07 Å². The number of aromatic amines is 1. The monoisotopic (exact) mass is 448 g/mol. The molecule has 1 aliphatic rings. The average Bonchev–Trinajstić information content (AvgIpc) is 2.81. The smallest absolute Gasteiger partial charge is 0.404 e. The zero-order chi connectivity index (χ0) is 23.4. The molecule has 4 rings (SSSR count). The first-order chi connectivity index (χ1) is 15.9. The minimum Gasteiger partial charge on any atom is -0.465 e. The van der Waals surface area contributed by atoms with E-state index in [9.17, 15) is 14.4 Å². The van der Waals surface area contributed by atoms with Crippen LogP contribution in [0.3, 0.4) is 0 Å². The van der Waals surface area contributed by atoms with Crippen molar-refractivity contribution in [2.24, 2.45) is 11.8 Å². The molecule has 0 spiro atoms. The van der Waals surface area contributed by atoms with E-state index in [-0.39, 0.29) is 11.5 Å². The van der Waals surface area contributed by atoms with Gasteiger partial charge >= 0.3 is 6.09 Å². The van der Waals surface area contributed by atoms with E-state index in [1.54, 1.807) is 12.1 Å². The van der Waals surface area contributed by atoms with Crippen LogP contribution in [0.2, 0.25) is 0 Å². The summed E-state index contributed by atoms with van der Waals surface area (Å²) in [6.07, 6.45) is 2.85. The van der Waals surface area contributed by atoms with Crippen LogP contribution in [0, 0.1) is 18.8 Å². The van der Waals surface area contributed by atoms with Crippen molar-refractivity contribution in [1.82, 2.24) is 20.6 Å². The van der Waals surface area contributed by atoms with Gasteiger partial charge in [-0.25, -0.2) is 9.78 Å². The van der Waals surface area contributed by atoms with Crippen LogP contribution in [-0.2, 0) is 0 Å². The molecule has 0 aliphatic heterocycles. The molecule has 0 unspecified atom stereocenters. The molecule has 1 saturated carbocycles. The molecular weight excluding hydrogens is 420 g/mol. The molecular formula is C25H28N4O4. The van der Waals surface area contributed by atoms with Crippen molar-refractivity contribution in [2.45, 2.75) is 32.6 Å². The Labute approximate surface area is 191 Å². The number of pyridine rings is 2. The van der Waals surface area contributed by atoms with E-state index in [0.29, 0.717) is 41.9 Å². The van der Waals surface area contributed by atoms with Gasteiger partial charge in [0.05, 0.1) is 16.8 Å². The number of rotatable bonds is 6. The van der Waals surface area contributed by atoms with Crippen LogP contribution in [0.15, 0.2) is 47.3 Å². The van der Waals surface area contributed by atoms with Crippen molar-refractivity contribution >= 4 is 22.9 Å². The lowest BCUT2D eigenvalue weighted by Gasteiger charge is -2.28. The van der Waals surface area contributed by atoms with E-state index in [4.69, 9.17) is 10.1 Å². The second-order valence-electron chi connectivity index (χ2n) is 8.72. The Bertz CT molecular complexity index is 1230. The molecule has 172 valence electrons. The highest BCUT2D eigenvalue weighted by atomic mass is 16.4. The lowest BCUT2D eigenvalue weighted by atomic mass is 9.82. The zero-order valence-corrected chi connectivity index (χ0v) is 18.6. The van der Waals surface area contributed by atoms with Crippen LogP contribution in [0.4, 0.5) is 4.79 Å². The minimum absolute atomic E-state index is 0.147. The number of carbonyl (C=O) groups excluding carboxylic acids is 1. The Hall–Kier alpha value is -3.68. The molecule has 0 saturated heterocycles. The van der Waals surface area contributed by atoms with E-state index in [0.717, 1.165) is 42.1 Å². The van der Waals surface area contributed by atoms with Gasteiger partial charge in [-0.2, -0.15) is 0 Å². The molecule has 3 aromatic rings. The van der Waals surface area contributed by atoms with Gasteiger partial charge in [-0.1, -0.05) is 18.2 Å². The Balaban J connectivity index is 1.49. The number of carboxylic acid groups (broad SMARTS) is 1. The first-order valence-corrected chi connectivity index (χ1v) is 11.3. The van der Waals surface area contributed by atoms with Gasteiger partial charge in [-0.3, -0.25) is 9.59 Å². The summed E-state index contributed by atoms with van der Waals surface area (Å²) < 4.78 is 0. The maximum absolute atomic E-state index is 13.2. The molecule has 33 heavy (non-hydrogen) atoms. The van der Waals surface area contributed by atoms with Crippen LogP contribution in [0.5, 0.6) is 0 Å². The second-order valence-corrected chi connectivity index (χ2v) is 8.72. The maximum Gasteiger partial charge on any atom is 0.404 e. The summed E-state index contributed by atoms with van der Waals surface area (Å²) in [5.41, 5.74) is 3.22. The number of carbonyl (C=O) groups is 2. The van der Waals surface area contributed by atoms with Gasteiger partial charge in [0.25, 0.3) is 5.91 Å². The number of hydrogen-bond acceptors (Lipinski definition) is 4. The van der Waals surface area contributed by atoms with Crippen LogP contribution < -0.4 is 16.2 Å². The van der Waals surface area contributed by atoms with Crippen molar-refractivity contribution in [1.29, 1.82) is 0 Å². The number of nitrogens with zero attached hydrogens (tertiary/aromatic N) is 1. The fourth-order valence-corrected chi connectivity index (χ4v) is 4.56. The van der Waals surface area contributed by atoms with Crippen LogP contribution in [-0.4, -0.2) is 40.2 Å². The molecule has 2 amide bonds. The Morgan fingerprint density at radius 2 is 1.70 bits per heavy atom. The Kier molecular flexibility index (Phi) is 6.72. The topological polar surface area (TPSA) is 124 Å². The summed E-state index contributed by atoms with van der Waals surface area (Å²) in [6, 6.07) is 12.5. The fraction of sp³-hybridized carbons (Fsp3) is 0.360. The summed E-state index contributed by atoms with van der Waals surface area (Å²) >= 11 is 0. The second kappa shape index (κ2) is 9.85. The van der Waals surface area contributed by atoms with E-state index >= 15 is 0 Å². The summed E-state index contributed by atoms with van der Waals surface area (Å²) in [5.74, 6) is 0.593. The predicted octanol–water partition coefficient (Wildman–Crippen LogP) is 3.70. The highest BCUT2D eigenvalue weighted by molar-refractivity contribution is 6.07. The number of aryl methyl sites for hydroxylation is 1. The highest BCUT2D eigenvalue weighted by Crippen LogP contribution is 2.29. The predicted molar refractivity (Wildman–Crippen MR) is 126 cm³/mol. The minimum atomic E-state index is -0.981. The van der Waals surface area contributed by atoms with Gasteiger partial charge in [-0.05, 0) is 62.6 Å². The number of para-hydroxylation sites is 1. The van der Waals surface area contributed by atoms with Gasteiger partial charge in [0.2, 0.25) is 5.56 Å². The van der Waals surface area contributed by atoms with Crippen LogP contribution >= 0.6 is 0 Å². The molecule has 4 N–H and O–H groups in total. The van der Waals surface area contributed by atoms with Crippen molar-refractivity contribution in [2.75, 3.05) is 13.1 Å². The summed E-state index contributed by atoms with van der Waals surface area (Å²) in [7, 11) is 0. The van der Waals surface area contributed by atoms with Crippen molar-refractivity contribution in [3.8, 4) is 11.3 Å². The number of aromatic nitrogens is 2. The van der Waals surface area contributed by atoms with Crippen molar-refractivity contribution < 1.29 is 14.7 Å². The molecule has 0 radical (unpaired) electrons. The van der Waals surface area contributed by atoms with Crippen LogP contribution in [0.25, 0.3) is 22.2 Å². The first kappa shape index (κ1) is 22.5. The molecule has 1 aliphatic carbocycles. The van der Waals surface area contributed by atoms with Crippen molar-refractivity contribution in [3.63, 3.8) is 0 Å². The third kappa shape index (κ3) is 5.39. The number of amides is 2. The fourth-order valence-electron chi connectivity index (χ4n) is 4.56. The molecule has 1 aromatic carbocycles. The molecule has 8 heteroatoms. The standard InChI is InChI=1S/C25H28N4O4/c1-15-18(10-11-23(30)28-15)22-12-20(19-4-2-3-5-21(19)29-22)24(31)26-13-16-6-8-17(9-7-16)14-27-25(32)33/h2-5,10-12,16-17,27H,6-9,13-14H2,1H3,(H,26,31)(H,28,30)(H,32,33)/t16-,17-. The SMILES string of the molecule is Cc1[nH]c(=O)ccc1-c1cc(C(=O)NC[C@H]2CC[C@H](CNC(=O)O)CC2)c2ccccc2n1. The average molecular weight is 449 g/mol. The van der Waals surface area contributed by atoms with Gasteiger partial charge in [0.15, 0.2) is 0 Å². The summed E-state index contributed by atoms with van der Waals surface area (Å²) in [4.78, 5) is 43.0. The number of fused-ring (bicyclic) bond motifs is 1. The molecule has 0 atom stereocenters. The lowest BCUT2D eigenvalue weighted by molar-refractivity contribution is 0.0942. The third-order valence-electron chi connectivity index (χ3n) is 6.41. The highest BCUT2D eigenvalue weighted by Gasteiger charge is 2.23. The van der Waals surface area contributed by atoms with E-state index in [2.05, 4.69) is 15.6 Å². The van der Waals surface area contributed by atoms with Crippen LogP contribution in [0.1, 0.15) is 41.7 Å². The molecule has 2 heterocycles. The van der Waals surface area contributed by atoms with E-state index < -0.39 is 6.09 Å². The Morgan fingerprint density at radius 3 is 2.36 bits per heavy atom. The first-order valence-electron chi connectivity index (χ1n) is 11.3. The maximum atomic E-state index is 13.2. The zero-order valence-electron chi connectivity index (χ0n) is 18.6. The summed E-state index contributed by atoms with van der Waals surface area (Å²) in [5, 5.41) is 15.1. The number of H-pyrrole nitrogens is 1. The van der Waals surface area contributed by atoms with Gasteiger partial charge < -0.3 is 20.7 Å². The molecule has 1 fully saturated rings. The third-order valence-corrected chi connectivity index (χ3v) is 6.41. The molecule has 2 aromatic heterocycles. The van der Waals surface area contributed by atoms with E-state index in [1.807, 2.05) is 31.2 Å². The van der Waals surface area contributed by atoms with Gasteiger partial charge in [0, 0.05) is 35.8 Å². The van der Waals surface area contributed by atoms with Gasteiger partial charge in [0.1, 0.15) is 0 Å². The molecule has 8 nitrogen and oxygen atoms in total. The number of hydrogen-bond donors (Lipinski definition) is 4. The quantitative estimate of drug-likeness (QED) is 0.458. The Morgan fingerprint density at radius 1 is 1.03 bits per heavy atom. The summed E-state index contributed by atoms with van der Waals surface area (Å²) in [6.45, 7) is 2.89. The van der Waals surface area contributed by atoms with Crippen molar-refractivity contribution in [3.05, 3.63) is 64.1 Å². The molecule has 0 bridgehead atoms. The van der Waals surface area contributed by atoms with Gasteiger partial charge in [-0.15, -0.1) is 0 Å². The number of nitrogens with one attached hydrogen (secondary N) is 3. The lowest BCUT2D eigenvalue weighted by Crippen LogP contribution is -2.34. The normalized spacial score (nSPS) is 18.1.